The number of nitrogens with zero attached hydrogens (tertiary/aromatic N) is 2. The predicted octanol–water partition coefficient (Wildman–Crippen LogP) is 3.05. The van der Waals surface area contributed by atoms with Crippen LogP contribution in [0.2, 0.25) is 0 Å². The first-order valence-electron chi connectivity index (χ1n) is 6.04. The van der Waals surface area contributed by atoms with Gasteiger partial charge >= 0.3 is 0 Å². The van der Waals surface area contributed by atoms with E-state index < -0.39 is 0 Å². The van der Waals surface area contributed by atoms with Crippen LogP contribution in [0.25, 0.3) is 11.4 Å². The van der Waals surface area contributed by atoms with Gasteiger partial charge in [-0.3, -0.25) is 0 Å². The molecule has 1 aliphatic rings. The Hall–Kier alpha value is -1.97. The number of rotatable bonds is 2. The van der Waals surface area contributed by atoms with Gasteiger partial charge in [-0.15, -0.1) is 0 Å². The highest BCUT2D eigenvalue weighted by molar-refractivity contribution is 5.61. The van der Waals surface area contributed by atoms with Crippen LogP contribution in [0, 0.1) is 12.7 Å². The molecule has 0 atom stereocenters. The van der Waals surface area contributed by atoms with Crippen molar-refractivity contribution in [3.05, 3.63) is 41.3 Å². The molecule has 0 radical (unpaired) electrons. The van der Waals surface area contributed by atoms with E-state index in [-0.39, 0.29) is 5.82 Å². The molecule has 0 amide bonds. The highest BCUT2D eigenvalue weighted by atomic mass is 19.1. The first-order valence-corrected chi connectivity index (χ1v) is 6.04. The summed E-state index contributed by atoms with van der Waals surface area (Å²) in [5.74, 6) is 1.19. The van der Waals surface area contributed by atoms with Crippen molar-refractivity contribution in [1.29, 1.82) is 0 Å². The fourth-order valence-corrected chi connectivity index (χ4v) is 2.03. The molecule has 92 valence electrons. The molecule has 1 heterocycles. The van der Waals surface area contributed by atoms with Crippen molar-refractivity contribution in [3.63, 3.8) is 0 Å². The van der Waals surface area contributed by atoms with E-state index in [4.69, 9.17) is 5.73 Å². The largest absolute Gasteiger partial charge is 0.384 e. The summed E-state index contributed by atoms with van der Waals surface area (Å²) in [6.45, 7) is 1.91. The molecule has 0 spiro atoms. The molecule has 4 heteroatoms. The molecule has 0 aliphatic heterocycles. The average molecular weight is 243 g/mol. The predicted molar refractivity (Wildman–Crippen MR) is 68.6 cm³/mol. The Bertz CT molecular complexity index is 606. The van der Waals surface area contributed by atoms with E-state index in [1.807, 2.05) is 13.0 Å². The Morgan fingerprint density at radius 3 is 2.72 bits per heavy atom. The number of benzene rings is 1. The minimum atomic E-state index is -0.283. The Morgan fingerprint density at radius 1 is 1.22 bits per heavy atom. The molecule has 18 heavy (non-hydrogen) atoms. The van der Waals surface area contributed by atoms with Crippen molar-refractivity contribution >= 4 is 5.82 Å². The van der Waals surface area contributed by atoms with Crippen LogP contribution in [0.4, 0.5) is 10.2 Å². The molecular formula is C14H14FN3. The van der Waals surface area contributed by atoms with Gasteiger partial charge in [0.1, 0.15) is 11.6 Å². The van der Waals surface area contributed by atoms with E-state index in [2.05, 4.69) is 9.97 Å². The molecule has 2 aromatic rings. The fraction of sp³-hybridized carbons (Fsp3) is 0.286. The van der Waals surface area contributed by atoms with Crippen LogP contribution in [0.5, 0.6) is 0 Å². The van der Waals surface area contributed by atoms with Crippen molar-refractivity contribution in [2.45, 2.75) is 25.7 Å². The van der Waals surface area contributed by atoms with Gasteiger partial charge in [-0.05, 0) is 37.5 Å². The van der Waals surface area contributed by atoms with Crippen LogP contribution in [0.3, 0.4) is 0 Å². The number of anilines is 1. The van der Waals surface area contributed by atoms with Crippen LogP contribution < -0.4 is 5.73 Å². The standard InChI is InChI=1S/C14H14FN3/c1-8-2-5-10(15)6-11(8)14-17-12(9-3-4-9)7-13(16)18-14/h2,5-7,9H,3-4H2,1H3,(H2,16,17,18). The SMILES string of the molecule is Cc1ccc(F)cc1-c1nc(N)cc(C2CC2)n1. The third kappa shape index (κ3) is 2.06. The van der Waals surface area contributed by atoms with E-state index in [1.54, 1.807) is 6.07 Å². The van der Waals surface area contributed by atoms with Crippen molar-refractivity contribution < 1.29 is 4.39 Å². The lowest BCUT2D eigenvalue weighted by Crippen LogP contribution is -2.00. The zero-order valence-electron chi connectivity index (χ0n) is 10.2. The lowest BCUT2D eigenvalue weighted by Gasteiger charge is -2.07. The van der Waals surface area contributed by atoms with E-state index in [9.17, 15) is 4.39 Å². The monoisotopic (exact) mass is 243 g/mol. The summed E-state index contributed by atoms with van der Waals surface area (Å²) in [6.07, 6.45) is 2.30. The molecule has 0 unspecified atom stereocenters. The molecule has 1 fully saturated rings. The normalized spacial score (nSPS) is 14.8. The molecule has 1 aliphatic carbocycles. The molecule has 0 saturated heterocycles. The number of aryl methyl sites for hydroxylation is 1. The molecule has 1 aromatic carbocycles. The minimum Gasteiger partial charge on any atom is -0.384 e. The van der Waals surface area contributed by atoms with Crippen molar-refractivity contribution in [2.75, 3.05) is 5.73 Å². The smallest absolute Gasteiger partial charge is 0.162 e. The van der Waals surface area contributed by atoms with E-state index in [1.165, 1.54) is 12.1 Å². The fourth-order valence-electron chi connectivity index (χ4n) is 2.03. The van der Waals surface area contributed by atoms with Crippen LogP contribution >= 0.6 is 0 Å². The highest BCUT2D eigenvalue weighted by Crippen LogP contribution is 2.40. The summed E-state index contributed by atoms with van der Waals surface area (Å²) in [5, 5.41) is 0. The van der Waals surface area contributed by atoms with Gasteiger partial charge in [0.05, 0.1) is 0 Å². The maximum Gasteiger partial charge on any atom is 0.162 e. The van der Waals surface area contributed by atoms with Crippen LogP contribution in [0.1, 0.15) is 30.0 Å². The summed E-state index contributed by atoms with van der Waals surface area (Å²) in [7, 11) is 0. The van der Waals surface area contributed by atoms with Crippen LogP contribution in [-0.4, -0.2) is 9.97 Å². The van der Waals surface area contributed by atoms with Crippen molar-refractivity contribution in [1.82, 2.24) is 9.97 Å². The van der Waals surface area contributed by atoms with E-state index in [0.717, 1.165) is 24.1 Å². The third-order valence-electron chi connectivity index (χ3n) is 3.20. The number of nitrogen functional groups attached to an aromatic ring is 1. The van der Waals surface area contributed by atoms with Gasteiger partial charge in [0.15, 0.2) is 5.82 Å². The van der Waals surface area contributed by atoms with E-state index >= 15 is 0 Å². The quantitative estimate of drug-likeness (QED) is 0.882. The van der Waals surface area contributed by atoms with E-state index in [0.29, 0.717) is 23.1 Å². The first-order chi connectivity index (χ1) is 8.63. The molecule has 3 nitrogen and oxygen atoms in total. The second-order valence-corrected chi connectivity index (χ2v) is 4.77. The lowest BCUT2D eigenvalue weighted by molar-refractivity contribution is 0.627. The Kier molecular flexibility index (Phi) is 2.51. The summed E-state index contributed by atoms with van der Waals surface area (Å²) < 4.78 is 13.3. The molecule has 1 aromatic heterocycles. The molecule has 2 N–H and O–H groups in total. The summed E-state index contributed by atoms with van der Waals surface area (Å²) in [6, 6.07) is 6.44. The Morgan fingerprint density at radius 2 is 2.00 bits per heavy atom. The van der Waals surface area contributed by atoms with Gasteiger partial charge in [0.25, 0.3) is 0 Å². The molecule has 0 bridgehead atoms. The first kappa shape index (κ1) is 11.1. The Balaban J connectivity index is 2.12. The van der Waals surface area contributed by atoms with Gasteiger partial charge in [-0.2, -0.15) is 0 Å². The number of nitrogens with two attached hydrogens (primary N) is 1. The second kappa shape index (κ2) is 4.05. The third-order valence-corrected chi connectivity index (χ3v) is 3.20. The van der Waals surface area contributed by atoms with Crippen LogP contribution in [-0.2, 0) is 0 Å². The van der Waals surface area contributed by atoms with Gasteiger partial charge in [-0.25, -0.2) is 14.4 Å². The highest BCUT2D eigenvalue weighted by Gasteiger charge is 2.26. The van der Waals surface area contributed by atoms with Gasteiger partial charge < -0.3 is 5.73 Å². The van der Waals surface area contributed by atoms with Gasteiger partial charge in [0.2, 0.25) is 0 Å². The maximum absolute atomic E-state index is 13.3. The summed E-state index contributed by atoms with van der Waals surface area (Å²) in [4.78, 5) is 8.73. The number of halogens is 1. The molecular weight excluding hydrogens is 229 g/mol. The average Bonchev–Trinajstić information content (AvgIpc) is 3.15. The van der Waals surface area contributed by atoms with Gasteiger partial charge in [0, 0.05) is 23.2 Å². The van der Waals surface area contributed by atoms with Crippen molar-refractivity contribution in [3.8, 4) is 11.4 Å². The number of hydrogen-bond acceptors (Lipinski definition) is 3. The summed E-state index contributed by atoms with van der Waals surface area (Å²) >= 11 is 0. The van der Waals surface area contributed by atoms with Gasteiger partial charge in [-0.1, -0.05) is 6.07 Å². The maximum atomic E-state index is 13.3. The number of aromatic nitrogens is 2. The van der Waals surface area contributed by atoms with Crippen molar-refractivity contribution in [2.24, 2.45) is 0 Å². The van der Waals surface area contributed by atoms with Crippen LogP contribution in [0.15, 0.2) is 24.3 Å². The summed E-state index contributed by atoms with van der Waals surface area (Å²) in [5.41, 5.74) is 8.44. The lowest BCUT2D eigenvalue weighted by atomic mass is 10.1. The number of hydrogen-bond donors (Lipinski definition) is 1. The minimum absolute atomic E-state index is 0.283. The Labute approximate surface area is 105 Å². The molecule has 1 saturated carbocycles. The second-order valence-electron chi connectivity index (χ2n) is 4.77. The zero-order valence-corrected chi connectivity index (χ0v) is 10.2. The molecule has 3 rings (SSSR count). The zero-order chi connectivity index (χ0) is 12.7. The topological polar surface area (TPSA) is 51.8 Å².